The zero-order chi connectivity index (χ0) is 16.5. The molecule has 0 amide bonds. The lowest BCUT2D eigenvalue weighted by atomic mass is 9.85. The fourth-order valence-corrected chi connectivity index (χ4v) is 2.78. The van der Waals surface area contributed by atoms with Crippen LogP contribution in [0.25, 0.3) is 0 Å². The monoisotopic (exact) mass is 314 g/mol. The number of rotatable bonds is 7. The van der Waals surface area contributed by atoms with Crippen LogP contribution in [0.2, 0.25) is 0 Å². The van der Waals surface area contributed by atoms with E-state index < -0.39 is 24.2 Å². The minimum atomic E-state index is -1.67. The first-order valence-corrected chi connectivity index (χ1v) is 8.02. The molecule has 126 valence electrons. The molecule has 0 bridgehead atoms. The minimum Gasteiger partial charge on any atom is -0.450 e. The highest BCUT2D eigenvalue weighted by Crippen LogP contribution is 2.28. The van der Waals surface area contributed by atoms with Gasteiger partial charge in [-0.1, -0.05) is 46.0 Å². The largest absolute Gasteiger partial charge is 0.513 e. The lowest BCUT2D eigenvalue weighted by Gasteiger charge is -2.23. The molecule has 1 saturated carbocycles. The van der Waals surface area contributed by atoms with Gasteiger partial charge in [-0.05, 0) is 24.7 Å². The van der Waals surface area contributed by atoms with E-state index in [9.17, 15) is 14.4 Å². The maximum absolute atomic E-state index is 11.8. The number of esters is 2. The summed E-state index contributed by atoms with van der Waals surface area (Å²) in [5.74, 6) is -0.869. The molecule has 6 nitrogen and oxygen atoms in total. The molecule has 0 aromatic carbocycles. The number of carbonyl (C=O) groups excluding carboxylic acids is 2. The molecular weight excluding hydrogens is 288 g/mol. The molecule has 0 spiro atoms. The quantitative estimate of drug-likeness (QED) is 0.571. The van der Waals surface area contributed by atoms with Crippen molar-refractivity contribution in [2.75, 3.05) is 0 Å². The molecule has 0 saturated heterocycles. The summed E-state index contributed by atoms with van der Waals surface area (Å²) >= 11 is 0. The predicted molar refractivity (Wildman–Crippen MR) is 79.3 cm³/mol. The third kappa shape index (κ3) is 7.43. The van der Waals surface area contributed by atoms with Crippen LogP contribution in [0.4, 0.5) is 4.79 Å². The molecule has 6 heteroatoms. The first-order valence-electron chi connectivity index (χ1n) is 8.02. The Hall–Kier alpha value is -1.59. The van der Waals surface area contributed by atoms with E-state index in [0.29, 0.717) is 12.3 Å². The number of ether oxygens (including phenoxy) is 2. The summed E-state index contributed by atoms with van der Waals surface area (Å²) in [7, 11) is 0. The molecule has 0 aliphatic heterocycles. The van der Waals surface area contributed by atoms with Gasteiger partial charge in [-0.25, -0.2) is 9.59 Å². The summed E-state index contributed by atoms with van der Waals surface area (Å²) in [4.78, 5) is 34.0. The van der Waals surface area contributed by atoms with Crippen molar-refractivity contribution in [3.63, 3.8) is 0 Å². The average Bonchev–Trinajstić information content (AvgIpc) is 2.42. The Bertz CT molecular complexity index is 384. The molecule has 0 aromatic heterocycles. The Kier molecular flexibility index (Phi) is 7.91. The van der Waals surface area contributed by atoms with Crippen LogP contribution in [-0.2, 0) is 19.1 Å². The van der Waals surface area contributed by atoms with Crippen LogP contribution in [0.15, 0.2) is 0 Å². The van der Waals surface area contributed by atoms with Gasteiger partial charge in [-0.2, -0.15) is 0 Å². The molecule has 0 aromatic rings. The van der Waals surface area contributed by atoms with Crippen molar-refractivity contribution in [1.82, 2.24) is 0 Å². The van der Waals surface area contributed by atoms with E-state index in [4.69, 9.17) is 9.84 Å². The average molecular weight is 314 g/mol. The molecule has 0 heterocycles. The third-order valence-corrected chi connectivity index (χ3v) is 3.86. The van der Waals surface area contributed by atoms with Crippen LogP contribution < -0.4 is 0 Å². The standard InChI is InChI=1S/C16H26O6/c1-11(2)10-14(17)21-13(15(18)22-16(19)20)9-8-12-6-4-3-5-7-12/h11-13H,3-10H2,1-2H3,(H,19,20)/t13-/m1/s1. The van der Waals surface area contributed by atoms with Crippen LogP contribution in [0.5, 0.6) is 0 Å². The van der Waals surface area contributed by atoms with Gasteiger partial charge >= 0.3 is 18.1 Å². The van der Waals surface area contributed by atoms with Gasteiger partial charge in [0.1, 0.15) is 0 Å². The first kappa shape index (κ1) is 18.5. The van der Waals surface area contributed by atoms with Gasteiger partial charge in [0.15, 0.2) is 6.10 Å². The lowest BCUT2D eigenvalue weighted by molar-refractivity contribution is -0.166. The topological polar surface area (TPSA) is 89.9 Å². The molecule has 1 aliphatic rings. The van der Waals surface area contributed by atoms with Crippen LogP contribution in [0.3, 0.4) is 0 Å². The summed E-state index contributed by atoms with van der Waals surface area (Å²) in [5, 5.41) is 8.55. The number of hydrogen-bond donors (Lipinski definition) is 1. The van der Waals surface area contributed by atoms with Crippen LogP contribution >= 0.6 is 0 Å². The molecule has 1 aliphatic carbocycles. The Labute approximate surface area is 131 Å². The minimum absolute atomic E-state index is 0.113. The normalized spacial score (nSPS) is 17.0. The van der Waals surface area contributed by atoms with E-state index in [1.54, 1.807) is 0 Å². The number of carboxylic acid groups (broad SMARTS) is 1. The second-order valence-electron chi connectivity index (χ2n) is 6.34. The lowest BCUT2D eigenvalue weighted by Crippen LogP contribution is -2.31. The van der Waals surface area contributed by atoms with Gasteiger partial charge in [0.05, 0.1) is 0 Å². The van der Waals surface area contributed by atoms with E-state index in [-0.39, 0.29) is 12.3 Å². The Balaban J connectivity index is 2.54. The Morgan fingerprint density at radius 3 is 2.32 bits per heavy atom. The van der Waals surface area contributed by atoms with Crippen LogP contribution in [-0.4, -0.2) is 29.3 Å². The fourth-order valence-electron chi connectivity index (χ4n) is 2.78. The van der Waals surface area contributed by atoms with Crippen molar-refractivity contribution in [1.29, 1.82) is 0 Å². The molecule has 0 radical (unpaired) electrons. The van der Waals surface area contributed by atoms with Crippen molar-refractivity contribution < 1.29 is 29.0 Å². The van der Waals surface area contributed by atoms with Crippen LogP contribution in [0, 0.1) is 11.8 Å². The van der Waals surface area contributed by atoms with Crippen molar-refractivity contribution in [3.05, 3.63) is 0 Å². The Morgan fingerprint density at radius 2 is 1.77 bits per heavy atom. The van der Waals surface area contributed by atoms with Gasteiger partial charge in [0, 0.05) is 6.42 Å². The van der Waals surface area contributed by atoms with E-state index in [0.717, 1.165) is 19.3 Å². The summed E-state index contributed by atoms with van der Waals surface area (Å²) in [6.07, 6.45) is 4.29. The van der Waals surface area contributed by atoms with Gasteiger partial charge in [0.2, 0.25) is 0 Å². The van der Waals surface area contributed by atoms with Gasteiger partial charge in [0.25, 0.3) is 0 Å². The van der Waals surface area contributed by atoms with E-state index in [1.807, 2.05) is 13.8 Å². The third-order valence-electron chi connectivity index (χ3n) is 3.86. The first-order chi connectivity index (χ1) is 10.4. The SMILES string of the molecule is CC(C)CC(=O)O[C@H](CCC1CCCCC1)C(=O)OC(=O)O. The zero-order valence-corrected chi connectivity index (χ0v) is 13.4. The van der Waals surface area contributed by atoms with Crippen molar-refractivity contribution in [2.24, 2.45) is 11.8 Å². The smallest absolute Gasteiger partial charge is 0.450 e. The predicted octanol–water partition coefficient (Wildman–Crippen LogP) is 3.53. The molecule has 1 N–H and O–H groups in total. The highest BCUT2D eigenvalue weighted by Gasteiger charge is 2.28. The molecule has 1 atom stereocenters. The van der Waals surface area contributed by atoms with Crippen molar-refractivity contribution in [3.8, 4) is 0 Å². The molecule has 22 heavy (non-hydrogen) atoms. The number of hydrogen-bond acceptors (Lipinski definition) is 5. The molecule has 1 rings (SSSR count). The van der Waals surface area contributed by atoms with Gasteiger partial charge in [-0.15, -0.1) is 0 Å². The van der Waals surface area contributed by atoms with E-state index in [2.05, 4.69) is 4.74 Å². The summed E-state index contributed by atoms with van der Waals surface area (Å²) in [6.45, 7) is 3.74. The Morgan fingerprint density at radius 1 is 1.14 bits per heavy atom. The highest BCUT2D eigenvalue weighted by molar-refractivity contribution is 5.86. The summed E-state index contributed by atoms with van der Waals surface area (Å²) in [6, 6.07) is 0. The second kappa shape index (κ2) is 9.43. The molecular formula is C16H26O6. The maximum Gasteiger partial charge on any atom is 0.513 e. The second-order valence-corrected chi connectivity index (χ2v) is 6.34. The highest BCUT2D eigenvalue weighted by atomic mass is 16.7. The number of carbonyl (C=O) groups is 3. The van der Waals surface area contributed by atoms with E-state index in [1.165, 1.54) is 19.3 Å². The molecule has 0 unspecified atom stereocenters. The van der Waals surface area contributed by atoms with Crippen LogP contribution in [0.1, 0.15) is 65.2 Å². The fraction of sp³-hybridized carbons (Fsp3) is 0.812. The van der Waals surface area contributed by atoms with Crippen molar-refractivity contribution >= 4 is 18.1 Å². The summed E-state index contributed by atoms with van der Waals surface area (Å²) < 4.78 is 9.30. The zero-order valence-electron chi connectivity index (χ0n) is 13.4. The maximum atomic E-state index is 11.8. The van der Waals surface area contributed by atoms with Gasteiger partial charge in [-0.3, -0.25) is 4.79 Å². The van der Waals surface area contributed by atoms with E-state index >= 15 is 0 Å². The summed E-state index contributed by atoms with van der Waals surface area (Å²) in [5.41, 5.74) is 0. The van der Waals surface area contributed by atoms with Gasteiger partial charge < -0.3 is 14.6 Å². The van der Waals surface area contributed by atoms with Crippen molar-refractivity contribution in [2.45, 2.75) is 71.3 Å². The molecule has 1 fully saturated rings.